The monoisotopic (exact) mass is 394 g/mol. The second-order valence-corrected chi connectivity index (χ2v) is 8.15. The molecule has 0 saturated carbocycles. The lowest BCUT2D eigenvalue weighted by Crippen LogP contribution is -2.09. The van der Waals surface area contributed by atoms with E-state index in [1.54, 1.807) is 0 Å². The number of carbonyl (C=O) groups is 1. The Morgan fingerprint density at radius 3 is 2.38 bits per heavy atom. The summed E-state index contributed by atoms with van der Waals surface area (Å²) in [5.74, 6) is -1.80. The highest BCUT2D eigenvalue weighted by atomic mass is 32.1. The van der Waals surface area contributed by atoms with E-state index in [4.69, 9.17) is 0 Å². The molecule has 0 bridgehead atoms. The van der Waals surface area contributed by atoms with Crippen LogP contribution in [0.15, 0.2) is 18.2 Å². The third-order valence-electron chi connectivity index (χ3n) is 3.79. The molecule has 8 heteroatoms. The average Bonchev–Trinajstić information content (AvgIpc) is 3.13. The van der Waals surface area contributed by atoms with Crippen LogP contribution < -0.4 is 0 Å². The quantitative estimate of drug-likeness (QED) is 0.686. The van der Waals surface area contributed by atoms with Crippen LogP contribution in [0.4, 0.5) is 8.78 Å². The highest BCUT2D eigenvalue weighted by molar-refractivity contribution is 7.16. The summed E-state index contributed by atoms with van der Waals surface area (Å²) in [6.45, 7) is 3.56. The number of aryl methyl sites for hydroxylation is 2. The van der Waals surface area contributed by atoms with Crippen molar-refractivity contribution in [3.8, 4) is 10.6 Å². The van der Waals surface area contributed by atoms with Crippen LogP contribution in [0, 0.1) is 25.5 Å². The Morgan fingerprint density at radius 2 is 1.81 bits per heavy atom. The summed E-state index contributed by atoms with van der Waals surface area (Å²) >= 11 is 2.70. The molecule has 2 aromatic heterocycles. The van der Waals surface area contributed by atoms with Crippen LogP contribution in [0.2, 0.25) is 0 Å². The highest BCUT2D eigenvalue weighted by Gasteiger charge is 2.20. The number of halogens is 2. The average molecular weight is 394 g/mol. The third kappa shape index (κ3) is 3.87. The molecular formula is C18H16F2N2O2S2. The van der Waals surface area contributed by atoms with Gasteiger partial charge in [0.2, 0.25) is 0 Å². The van der Waals surface area contributed by atoms with E-state index in [0.29, 0.717) is 15.6 Å². The molecule has 3 rings (SSSR count). The third-order valence-corrected chi connectivity index (χ3v) is 5.91. The van der Waals surface area contributed by atoms with Crippen molar-refractivity contribution in [1.82, 2.24) is 9.97 Å². The van der Waals surface area contributed by atoms with E-state index in [9.17, 15) is 18.7 Å². The minimum Gasteiger partial charge on any atom is -0.391 e. The Balaban J connectivity index is 1.82. The number of benzene rings is 1. The van der Waals surface area contributed by atoms with E-state index >= 15 is 0 Å². The lowest BCUT2D eigenvalue weighted by Gasteiger charge is -2.03. The van der Waals surface area contributed by atoms with Gasteiger partial charge in [0.05, 0.1) is 39.2 Å². The molecule has 0 atom stereocenters. The molecule has 0 fully saturated rings. The van der Waals surface area contributed by atoms with Crippen molar-refractivity contribution in [2.24, 2.45) is 0 Å². The van der Waals surface area contributed by atoms with Crippen LogP contribution in [0.3, 0.4) is 0 Å². The van der Waals surface area contributed by atoms with Crippen LogP contribution >= 0.6 is 22.7 Å². The molecule has 0 aliphatic heterocycles. The number of ketones is 1. The molecule has 2 heterocycles. The summed E-state index contributed by atoms with van der Waals surface area (Å²) in [5.41, 5.74) is 1.21. The number of rotatable bonds is 6. The Kier molecular flexibility index (Phi) is 5.55. The summed E-state index contributed by atoms with van der Waals surface area (Å²) in [6, 6.07) is 3.52. The van der Waals surface area contributed by atoms with Crippen molar-refractivity contribution >= 4 is 28.5 Å². The number of thiazole rings is 2. The molecule has 0 radical (unpaired) electrons. The fourth-order valence-corrected chi connectivity index (χ4v) is 4.61. The van der Waals surface area contributed by atoms with E-state index in [2.05, 4.69) is 9.97 Å². The SMILES string of the molecule is Cc1nc(C)c(-c2nc(CC(=O)Cc3c(F)cccc3F)sc2CO)s1. The van der Waals surface area contributed by atoms with Gasteiger partial charge in [0.1, 0.15) is 22.4 Å². The number of aliphatic hydroxyl groups is 1. The molecule has 0 unspecified atom stereocenters. The van der Waals surface area contributed by atoms with Crippen LogP contribution in [0.1, 0.15) is 26.1 Å². The minimum atomic E-state index is -0.731. The molecule has 0 aliphatic carbocycles. The predicted molar refractivity (Wildman–Crippen MR) is 97.4 cm³/mol. The van der Waals surface area contributed by atoms with E-state index in [1.807, 2.05) is 13.8 Å². The molecule has 0 saturated heterocycles. The largest absolute Gasteiger partial charge is 0.391 e. The van der Waals surface area contributed by atoms with E-state index < -0.39 is 11.6 Å². The smallest absolute Gasteiger partial charge is 0.144 e. The summed E-state index contributed by atoms with van der Waals surface area (Å²) in [6.07, 6.45) is -0.372. The van der Waals surface area contributed by atoms with Gasteiger partial charge in [-0.3, -0.25) is 4.79 Å². The maximum atomic E-state index is 13.7. The van der Waals surface area contributed by atoms with Crippen molar-refractivity contribution in [3.05, 3.63) is 56.0 Å². The molecule has 0 aliphatic rings. The van der Waals surface area contributed by atoms with Crippen LogP contribution in [0.5, 0.6) is 0 Å². The first-order valence-electron chi connectivity index (χ1n) is 7.87. The zero-order chi connectivity index (χ0) is 18.8. The van der Waals surface area contributed by atoms with Gasteiger partial charge >= 0.3 is 0 Å². The second kappa shape index (κ2) is 7.69. The lowest BCUT2D eigenvalue weighted by atomic mass is 10.1. The maximum Gasteiger partial charge on any atom is 0.144 e. The molecule has 136 valence electrons. The standard InChI is InChI=1S/C18H16F2N2O2S2/c1-9-18(25-10(2)21-9)17-15(8-23)26-16(22-17)7-11(24)6-12-13(19)4-3-5-14(12)20/h3-5,23H,6-8H2,1-2H3. The van der Waals surface area contributed by atoms with Crippen molar-refractivity contribution in [2.75, 3.05) is 0 Å². The van der Waals surface area contributed by atoms with Gasteiger partial charge in [-0.05, 0) is 26.0 Å². The van der Waals surface area contributed by atoms with Crippen LogP contribution in [-0.2, 0) is 24.2 Å². The fraction of sp³-hybridized carbons (Fsp3) is 0.278. The fourth-order valence-electron chi connectivity index (χ4n) is 2.64. The van der Waals surface area contributed by atoms with E-state index in [-0.39, 0.29) is 30.8 Å². The van der Waals surface area contributed by atoms with Gasteiger partial charge in [-0.1, -0.05) is 6.07 Å². The molecule has 3 aromatic rings. The number of Topliss-reactive ketones (excluding diaryl/α,β-unsaturated/α-hetero) is 1. The van der Waals surface area contributed by atoms with Gasteiger partial charge in [0.15, 0.2) is 0 Å². The first-order valence-corrected chi connectivity index (χ1v) is 9.50. The van der Waals surface area contributed by atoms with E-state index in [0.717, 1.165) is 27.7 Å². The topological polar surface area (TPSA) is 63.1 Å². The number of nitrogens with zero attached hydrogens (tertiary/aromatic N) is 2. The molecule has 4 nitrogen and oxygen atoms in total. The summed E-state index contributed by atoms with van der Waals surface area (Å²) in [4.78, 5) is 22.6. The summed E-state index contributed by atoms with van der Waals surface area (Å²) in [7, 11) is 0. The molecular weight excluding hydrogens is 378 g/mol. The normalized spacial score (nSPS) is 11.1. The molecule has 26 heavy (non-hydrogen) atoms. The number of hydrogen-bond acceptors (Lipinski definition) is 6. The van der Waals surface area contributed by atoms with Gasteiger partial charge in [-0.25, -0.2) is 18.7 Å². The number of carbonyl (C=O) groups excluding carboxylic acids is 1. The first kappa shape index (κ1) is 18.8. The Labute approximate surface area is 157 Å². The van der Waals surface area contributed by atoms with E-state index in [1.165, 1.54) is 28.7 Å². The van der Waals surface area contributed by atoms with Crippen molar-refractivity contribution in [1.29, 1.82) is 0 Å². The van der Waals surface area contributed by atoms with Crippen LogP contribution in [-0.4, -0.2) is 20.9 Å². The lowest BCUT2D eigenvalue weighted by molar-refractivity contribution is -0.117. The van der Waals surface area contributed by atoms with Gasteiger partial charge in [-0.15, -0.1) is 22.7 Å². The van der Waals surface area contributed by atoms with Gasteiger partial charge in [0.25, 0.3) is 0 Å². The Morgan fingerprint density at radius 1 is 1.12 bits per heavy atom. The second-order valence-electron chi connectivity index (χ2n) is 5.78. The van der Waals surface area contributed by atoms with Gasteiger partial charge < -0.3 is 5.11 Å². The predicted octanol–water partition coefficient (Wildman–Crippen LogP) is 4.01. The zero-order valence-corrected chi connectivity index (χ0v) is 15.8. The highest BCUT2D eigenvalue weighted by Crippen LogP contribution is 2.35. The van der Waals surface area contributed by atoms with Crippen molar-refractivity contribution in [2.45, 2.75) is 33.3 Å². The number of aromatic nitrogens is 2. The van der Waals surface area contributed by atoms with Crippen molar-refractivity contribution < 1.29 is 18.7 Å². The van der Waals surface area contributed by atoms with Crippen molar-refractivity contribution in [3.63, 3.8) is 0 Å². The Hall–Kier alpha value is -2.03. The first-order chi connectivity index (χ1) is 12.4. The Bertz CT molecular complexity index is 946. The molecule has 1 N–H and O–H groups in total. The molecule has 0 spiro atoms. The van der Waals surface area contributed by atoms with Gasteiger partial charge in [-0.2, -0.15) is 0 Å². The maximum absolute atomic E-state index is 13.7. The van der Waals surface area contributed by atoms with Crippen LogP contribution in [0.25, 0.3) is 10.6 Å². The number of aliphatic hydroxyl groups excluding tert-OH is 1. The molecule has 0 amide bonds. The minimum absolute atomic E-state index is 0.0394. The van der Waals surface area contributed by atoms with Gasteiger partial charge in [0, 0.05) is 12.0 Å². The summed E-state index contributed by atoms with van der Waals surface area (Å²) < 4.78 is 27.4. The zero-order valence-electron chi connectivity index (χ0n) is 14.2. The molecule has 1 aromatic carbocycles. The summed E-state index contributed by atoms with van der Waals surface area (Å²) in [5, 5.41) is 11.0. The number of hydrogen-bond donors (Lipinski definition) is 1.